The molecule has 0 saturated heterocycles. The van der Waals surface area contributed by atoms with Crippen molar-refractivity contribution in [3.05, 3.63) is 34.2 Å². The Kier molecular flexibility index (Phi) is 1.78. The molecule has 0 saturated carbocycles. The summed E-state index contributed by atoms with van der Waals surface area (Å²) in [5.74, 6) is 0.268. The second-order valence-corrected chi connectivity index (χ2v) is 3.35. The average Bonchev–Trinajstić information content (AvgIpc) is 2.25. The highest BCUT2D eigenvalue weighted by Gasteiger charge is 2.09. The number of aryl methyl sites for hydroxylation is 1. The lowest BCUT2D eigenvalue weighted by Crippen LogP contribution is -1.99. The van der Waals surface area contributed by atoms with Gasteiger partial charge in [-0.15, -0.1) is 0 Å². The molecule has 0 aliphatic carbocycles. The average molecular weight is 223 g/mol. The molecule has 2 rings (SSSR count). The minimum Gasteiger partial charge on any atom is -0.493 e. The highest BCUT2D eigenvalue weighted by molar-refractivity contribution is 5.83. The molecule has 84 valence electrons. The van der Waals surface area contributed by atoms with Crippen molar-refractivity contribution in [3.63, 3.8) is 0 Å². The Morgan fingerprint density at radius 1 is 1.25 bits per heavy atom. The Labute approximate surface area is 96.6 Å². The highest BCUT2D eigenvalue weighted by Crippen LogP contribution is 2.32. The molecule has 1 aromatic heterocycles. The maximum atomic E-state index is 11.3. The zero-order chi connectivity index (χ0) is 14.2. The van der Waals surface area contributed by atoms with Crippen LogP contribution < -0.4 is 15.1 Å². The van der Waals surface area contributed by atoms with Gasteiger partial charge in [-0.1, -0.05) is 0 Å². The van der Waals surface area contributed by atoms with E-state index in [2.05, 4.69) is 0 Å². The Morgan fingerprint density at radius 3 is 2.69 bits per heavy atom. The number of benzene rings is 1. The third-order valence-corrected chi connectivity index (χ3v) is 2.35. The molecule has 0 amide bonds. The van der Waals surface area contributed by atoms with Crippen LogP contribution >= 0.6 is 0 Å². The van der Waals surface area contributed by atoms with Gasteiger partial charge in [0, 0.05) is 17.5 Å². The van der Waals surface area contributed by atoms with Crippen molar-refractivity contribution in [2.45, 2.75) is 6.92 Å². The molecule has 0 aliphatic heterocycles. The molecule has 0 atom stereocenters. The van der Waals surface area contributed by atoms with Crippen LogP contribution in [0.4, 0.5) is 0 Å². The van der Waals surface area contributed by atoms with Crippen molar-refractivity contribution in [3.8, 4) is 11.5 Å². The van der Waals surface area contributed by atoms with Crippen molar-refractivity contribution in [1.29, 1.82) is 0 Å². The van der Waals surface area contributed by atoms with Gasteiger partial charge in [0.1, 0.15) is 5.58 Å². The molecule has 0 unspecified atom stereocenters. The fourth-order valence-electron chi connectivity index (χ4n) is 1.57. The van der Waals surface area contributed by atoms with E-state index in [0.29, 0.717) is 10.9 Å². The molecule has 2 aromatic rings. The molecular weight excluding hydrogens is 208 g/mol. The number of fused-ring (bicyclic) bond motifs is 1. The second-order valence-electron chi connectivity index (χ2n) is 3.35. The fraction of sp³-hybridized carbons (Fsp3) is 0.250. The molecule has 0 bridgehead atoms. The van der Waals surface area contributed by atoms with Crippen LogP contribution in [0.3, 0.4) is 0 Å². The lowest BCUT2D eigenvalue weighted by atomic mass is 10.1. The van der Waals surface area contributed by atoms with E-state index in [0.717, 1.165) is 0 Å². The quantitative estimate of drug-likeness (QED) is 0.732. The van der Waals surface area contributed by atoms with Crippen molar-refractivity contribution in [2.24, 2.45) is 0 Å². The predicted octanol–water partition coefficient (Wildman–Crippen LogP) is 2.12. The van der Waals surface area contributed by atoms with E-state index in [-0.39, 0.29) is 17.1 Å². The smallest absolute Gasteiger partial charge is 0.336 e. The zero-order valence-electron chi connectivity index (χ0n) is 11.9. The summed E-state index contributed by atoms with van der Waals surface area (Å²) in [5, 5.41) is 0.661. The number of rotatable bonds is 2. The second kappa shape index (κ2) is 3.89. The number of hydrogen-bond acceptors (Lipinski definition) is 4. The van der Waals surface area contributed by atoms with Crippen LogP contribution in [-0.4, -0.2) is 14.1 Å². The van der Waals surface area contributed by atoms with Gasteiger partial charge in [-0.05, 0) is 18.6 Å². The van der Waals surface area contributed by atoms with Crippen LogP contribution in [0.2, 0.25) is 0 Å². The van der Waals surface area contributed by atoms with Crippen LogP contribution in [0.25, 0.3) is 11.0 Å². The van der Waals surface area contributed by atoms with E-state index >= 15 is 0 Å². The summed E-state index contributed by atoms with van der Waals surface area (Å²) in [6.45, 7) is 1.75. The molecule has 4 heteroatoms. The monoisotopic (exact) mass is 223 g/mol. The molecule has 4 nitrogen and oxygen atoms in total. The zero-order valence-corrected chi connectivity index (χ0v) is 8.87. The van der Waals surface area contributed by atoms with Gasteiger partial charge in [-0.25, -0.2) is 4.79 Å². The lowest BCUT2D eigenvalue weighted by Gasteiger charge is -2.09. The Morgan fingerprint density at radius 2 is 2.00 bits per heavy atom. The molecule has 0 radical (unpaired) electrons. The molecular formula is C12H12O4. The molecule has 0 N–H and O–H groups in total. The molecule has 0 spiro atoms. The molecule has 16 heavy (non-hydrogen) atoms. The fourth-order valence-corrected chi connectivity index (χ4v) is 1.57. The van der Waals surface area contributed by atoms with E-state index in [1.807, 2.05) is 0 Å². The van der Waals surface area contributed by atoms with Gasteiger partial charge in [0.25, 0.3) is 0 Å². The summed E-state index contributed by atoms with van der Waals surface area (Å²) in [4.78, 5) is 11.3. The van der Waals surface area contributed by atoms with Crippen LogP contribution in [0.15, 0.2) is 27.4 Å². The Hall–Kier alpha value is -1.97. The van der Waals surface area contributed by atoms with E-state index in [9.17, 15) is 4.79 Å². The Balaban J connectivity index is 2.67. The van der Waals surface area contributed by atoms with Gasteiger partial charge in [0.2, 0.25) is 0 Å². The Bertz CT molecular complexity index is 673. The summed E-state index contributed by atoms with van der Waals surface area (Å²) in [6, 6.07) is 4.27. The summed E-state index contributed by atoms with van der Waals surface area (Å²) < 4.78 is 36.2. The van der Waals surface area contributed by atoms with E-state index in [4.69, 9.17) is 18.0 Å². The lowest BCUT2D eigenvalue weighted by molar-refractivity contribution is 0.355. The van der Waals surface area contributed by atoms with Crippen LogP contribution in [0.5, 0.6) is 11.5 Å². The first kappa shape index (κ1) is 7.33. The van der Waals surface area contributed by atoms with Crippen molar-refractivity contribution >= 4 is 11.0 Å². The van der Waals surface area contributed by atoms with Gasteiger partial charge in [0.05, 0.1) is 18.3 Å². The number of ether oxygens (including phenoxy) is 2. The van der Waals surface area contributed by atoms with Crippen molar-refractivity contribution < 1.29 is 18.0 Å². The van der Waals surface area contributed by atoms with Crippen LogP contribution in [0.1, 0.15) is 9.68 Å². The normalized spacial score (nSPS) is 14.0. The van der Waals surface area contributed by atoms with Crippen molar-refractivity contribution in [2.75, 3.05) is 14.1 Å². The molecule has 0 aliphatic rings. The van der Waals surface area contributed by atoms with E-state index in [1.54, 1.807) is 13.0 Å². The first-order valence-corrected chi connectivity index (χ1v) is 4.62. The van der Waals surface area contributed by atoms with Gasteiger partial charge >= 0.3 is 5.63 Å². The topological polar surface area (TPSA) is 48.7 Å². The van der Waals surface area contributed by atoms with Gasteiger partial charge in [-0.3, -0.25) is 0 Å². The van der Waals surface area contributed by atoms with Crippen LogP contribution in [-0.2, 0) is 0 Å². The molecule has 1 heterocycles. The minimum absolute atomic E-state index is 0.00347. The predicted molar refractivity (Wildman–Crippen MR) is 60.3 cm³/mol. The standard InChI is InChI=1S/C12H12O4/c1-7-4-12(13)16-9-6-11(15-3)10(14-2)5-8(7)9/h4-6H,1-3H3/i3D3. The number of hydrogen-bond donors (Lipinski definition) is 0. The summed E-state index contributed by atoms with van der Waals surface area (Å²) in [7, 11) is -1.20. The first-order valence-electron chi connectivity index (χ1n) is 6.12. The minimum atomic E-state index is -2.61. The maximum absolute atomic E-state index is 11.3. The summed E-state index contributed by atoms with van der Waals surface area (Å²) >= 11 is 0. The molecule has 0 fully saturated rings. The largest absolute Gasteiger partial charge is 0.493 e. The number of methoxy groups -OCH3 is 2. The third-order valence-electron chi connectivity index (χ3n) is 2.35. The maximum Gasteiger partial charge on any atom is 0.336 e. The van der Waals surface area contributed by atoms with Gasteiger partial charge < -0.3 is 13.9 Å². The van der Waals surface area contributed by atoms with Crippen molar-refractivity contribution in [1.82, 2.24) is 0 Å². The van der Waals surface area contributed by atoms with E-state index in [1.165, 1.54) is 19.2 Å². The third kappa shape index (κ3) is 1.62. The van der Waals surface area contributed by atoms with E-state index < -0.39 is 12.7 Å². The molecule has 1 aromatic carbocycles. The van der Waals surface area contributed by atoms with Crippen LogP contribution in [0, 0.1) is 6.92 Å². The first-order chi connectivity index (χ1) is 8.80. The van der Waals surface area contributed by atoms with Gasteiger partial charge in [-0.2, -0.15) is 0 Å². The van der Waals surface area contributed by atoms with Gasteiger partial charge in [0.15, 0.2) is 11.5 Å². The highest BCUT2D eigenvalue weighted by atomic mass is 16.5. The summed E-state index contributed by atoms with van der Waals surface area (Å²) in [5.41, 5.74) is 0.463. The summed E-state index contributed by atoms with van der Waals surface area (Å²) in [6.07, 6.45) is 0. The SMILES string of the molecule is [2H]C([2H])([2H])Oc1cc2oc(=O)cc(C)c2cc1OC.